The lowest BCUT2D eigenvalue weighted by atomic mass is 9.96. The zero-order chi connectivity index (χ0) is 20.8. The predicted octanol–water partition coefficient (Wildman–Crippen LogP) is 2.29. The van der Waals surface area contributed by atoms with Crippen LogP contribution in [0.25, 0.3) is 0 Å². The van der Waals surface area contributed by atoms with Crippen molar-refractivity contribution in [3.63, 3.8) is 0 Å². The van der Waals surface area contributed by atoms with Gasteiger partial charge in [-0.25, -0.2) is 0 Å². The van der Waals surface area contributed by atoms with Crippen LogP contribution < -0.4 is 10.6 Å². The minimum absolute atomic E-state index is 0.0236. The fraction of sp³-hybridized carbons (Fsp3) is 0.368. The zero-order valence-corrected chi connectivity index (χ0v) is 15.6. The van der Waals surface area contributed by atoms with Crippen LogP contribution in [0.15, 0.2) is 41.0 Å². The molecule has 2 heterocycles. The molecule has 1 aromatic heterocycles. The first-order chi connectivity index (χ1) is 13.9. The van der Waals surface area contributed by atoms with Gasteiger partial charge in [0.15, 0.2) is 0 Å². The molecule has 1 fully saturated rings. The number of carbonyl (C=O) groups is 2. The number of anilines is 1. The summed E-state index contributed by atoms with van der Waals surface area (Å²) >= 11 is 0. The summed E-state index contributed by atoms with van der Waals surface area (Å²) in [5.74, 6) is -1.65. The molecule has 0 bridgehead atoms. The van der Waals surface area contributed by atoms with Crippen molar-refractivity contribution in [3.05, 3.63) is 58.3 Å². The number of nitro benzene ring substituents is 1. The molecule has 0 radical (unpaired) electrons. The van der Waals surface area contributed by atoms with Gasteiger partial charge in [-0.15, -0.1) is 0 Å². The van der Waals surface area contributed by atoms with Gasteiger partial charge in [0.1, 0.15) is 5.76 Å². The highest BCUT2D eigenvalue weighted by Gasteiger charge is 2.22. The predicted molar refractivity (Wildman–Crippen MR) is 101 cm³/mol. The van der Waals surface area contributed by atoms with Crippen LogP contribution in [0.2, 0.25) is 0 Å². The molecule has 2 amide bonds. The van der Waals surface area contributed by atoms with Crippen molar-refractivity contribution >= 4 is 23.2 Å². The Morgan fingerprint density at radius 3 is 2.66 bits per heavy atom. The second kappa shape index (κ2) is 9.28. The standard InChI is InChI=1S/C19H21FN4O5/c20-16-4-3-14(10-17(16)24(27)28)22-19(26)18(25)21-11-13-5-7-23(8-6-13)12-15-2-1-9-29-15/h1-4,9-10,13H,5-8,11-12H2,(H,21,25)(H,22,26). The molecule has 0 unspecified atom stereocenters. The van der Waals surface area contributed by atoms with Crippen LogP contribution in [0.5, 0.6) is 0 Å². The Hall–Kier alpha value is -3.27. The average molecular weight is 404 g/mol. The van der Waals surface area contributed by atoms with Gasteiger partial charge in [0, 0.05) is 18.3 Å². The molecule has 154 valence electrons. The van der Waals surface area contributed by atoms with E-state index in [1.54, 1.807) is 6.26 Å². The molecule has 2 N–H and O–H groups in total. The summed E-state index contributed by atoms with van der Waals surface area (Å²) in [6.07, 6.45) is 3.41. The Balaban J connectivity index is 1.42. The van der Waals surface area contributed by atoms with Gasteiger partial charge in [0.25, 0.3) is 0 Å². The van der Waals surface area contributed by atoms with Gasteiger partial charge in [-0.1, -0.05) is 0 Å². The van der Waals surface area contributed by atoms with Gasteiger partial charge >= 0.3 is 17.5 Å². The molecule has 1 aromatic carbocycles. The Kier molecular flexibility index (Phi) is 6.55. The minimum atomic E-state index is -1.02. The van der Waals surface area contributed by atoms with Gasteiger partial charge in [-0.3, -0.25) is 24.6 Å². The van der Waals surface area contributed by atoms with E-state index in [2.05, 4.69) is 15.5 Å². The maximum atomic E-state index is 13.3. The fourth-order valence-corrected chi connectivity index (χ4v) is 3.21. The van der Waals surface area contributed by atoms with E-state index < -0.39 is 28.2 Å². The number of piperidine rings is 1. The average Bonchev–Trinajstić information content (AvgIpc) is 3.21. The minimum Gasteiger partial charge on any atom is -0.468 e. The molecule has 2 aromatic rings. The molecule has 29 heavy (non-hydrogen) atoms. The topological polar surface area (TPSA) is 118 Å². The number of nitro groups is 1. The van der Waals surface area contributed by atoms with Crippen LogP contribution in [0.3, 0.4) is 0 Å². The van der Waals surface area contributed by atoms with E-state index in [9.17, 15) is 24.1 Å². The van der Waals surface area contributed by atoms with Gasteiger partial charge < -0.3 is 15.1 Å². The molecule has 1 aliphatic heterocycles. The van der Waals surface area contributed by atoms with E-state index in [1.807, 2.05) is 12.1 Å². The van der Waals surface area contributed by atoms with Crippen LogP contribution in [0.1, 0.15) is 18.6 Å². The van der Waals surface area contributed by atoms with E-state index in [4.69, 9.17) is 4.42 Å². The van der Waals surface area contributed by atoms with Crippen LogP contribution in [0.4, 0.5) is 15.8 Å². The van der Waals surface area contributed by atoms with Gasteiger partial charge in [-0.05, 0) is 56.1 Å². The zero-order valence-electron chi connectivity index (χ0n) is 15.6. The lowest BCUT2D eigenvalue weighted by Crippen LogP contribution is -2.41. The number of carbonyl (C=O) groups excluding carboxylic acids is 2. The molecule has 9 nitrogen and oxygen atoms in total. The summed E-state index contributed by atoms with van der Waals surface area (Å²) < 4.78 is 18.7. The second-order valence-corrected chi connectivity index (χ2v) is 6.89. The van der Waals surface area contributed by atoms with E-state index in [0.717, 1.165) is 56.4 Å². The van der Waals surface area contributed by atoms with Gasteiger partial charge in [-0.2, -0.15) is 4.39 Å². The molecule has 0 aliphatic carbocycles. The lowest BCUT2D eigenvalue weighted by molar-refractivity contribution is -0.387. The van der Waals surface area contributed by atoms with Crippen LogP contribution in [0, 0.1) is 21.8 Å². The molecule has 0 saturated carbocycles. The fourth-order valence-electron chi connectivity index (χ4n) is 3.21. The highest BCUT2D eigenvalue weighted by molar-refractivity contribution is 6.39. The number of rotatable bonds is 6. The third kappa shape index (κ3) is 5.61. The summed E-state index contributed by atoms with van der Waals surface area (Å²) in [6, 6.07) is 6.67. The largest absolute Gasteiger partial charge is 0.468 e. The molecular weight excluding hydrogens is 383 g/mol. The van der Waals surface area contributed by atoms with Crippen molar-refractivity contribution in [1.29, 1.82) is 0 Å². The van der Waals surface area contributed by atoms with E-state index in [0.29, 0.717) is 6.54 Å². The molecule has 1 aliphatic rings. The summed E-state index contributed by atoms with van der Waals surface area (Å²) in [7, 11) is 0. The number of benzene rings is 1. The van der Waals surface area contributed by atoms with E-state index >= 15 is 0 Å². The van der Waals surface area contributed by atoms with Gasteiger partial charge in [0.2, 0.25) is 5.82 Å². The molecule has 0 spiro atoms. The monoisotopic (exact) mass is 404 g/mol. The van der Waals surface area contributed by atoms with Crippen LogP contribution >= 0.6 is 0 Å². The van der Waals surface area contributed by atoms with E-state index in [-0.39, 0.29) is 11.6 Å². The maximum absolute atomic E-state index is 13.3. The quantitative estimate of drug-likeness (QED) is 0.433. The molecule has 1 saturated heterocycles. The third-order valence-electron chi connectivity index (χ3n) is 4.82. The Labute approximate surface area is 166 Å². The number of amides is 2. The Morgan fingerprint density at radius 1 is 1.24 bits per heavy atom. The molecular formula is C19H21FN4O5. The van der Waals surface area contributed by atoms with Crippen molar-refractivity contribution in [2.45, 2.75) is 19.4 Å². The van der Waals surface area contributed by atoms with E-state index in [1.165, 1.54) is 0 Å². The number of halogens is 1. The number of furan rings is 1. The number of hydrogen-bond donors (Lipinski definition) is 2. The number of likely N-dealkylation sites (tertiary alicyclic amines) is 1. The van der Waals surface area contributed by atoms with Crippen molar-refractivity contribution in [3.8, 4) is 0 Å². The first-order valence-corrected chi connectivity index (χ1v) is 9.20. The normalized spacial score (nSPS) is 15.1. The summed E-state index contributed by atoms with van der Waals surface area (Å²) in [4.78, 5) is 36.1. The maximum Gasteiger partial charge on any atom is 0.313 e. The summed E-state index contributed by atoms with van der Waals surface area (Å²) in [5.41, 5.74) is -0.797. The molecule has 3 rings (SSSR count). The smallest absolute Gasteiger partial charge is 0.313 e. The van der Waals surface area contributed by atoms with Crippen LogP contribution in [-0.4, -0.2) is 41.3 Å². The number of nitrogens with one attached hydrogen (secondary N) is 2. The number of nitrogens with zero attached hydrogens (tertiary/aromatic N) is 2. The lowest BCUT2D eigenvalue weighted by Gasteiger charge is -2.31. The summed E-state index contributed by atoms with van der Waals surface area (Å²) in [6.45, 7) is 2.85. The van der Waals surface area contributed by atoms with Gasteiger partial charge in [0.05, 0.1) is 17.7 Å². The molecule has 10 heteroatoms. The third-order valence-corrected chi connectivity index (χ3v) is 4.82. The highest BCUT2D eigenvalue weighted by Crippen LogP contribution is 2.22. The van der Waals surface area contributed by atoms with Crippen molar-refractivity contribution in [1.82, 2.24) is 10.2 Å². The highest BCUT2D eigenvalue weighted by atomic mass is 19.1. The van der Waals surface area contributed by atoms with Crippen molar-refractivity contribution in [2.75, 3.05) is 25.0 Å². The van der Waals surface area contributed by atoms with Crippen molar-refractivity contribution < 1.29 is 23.3 Å². The molecule has 0 atom stereocenters. The second-order valence-electron chi connectivity index (χ2n) is 6.89. The number of hydrogen-bond acceptors (Lipinski definition) is 6. The SMILES string of the molecule is O=C(NCC1CCN(Cc2ccco2)CC1)C(=O)Nc1ccc(F)c([N+](=O)[O-])c1. The van der Waals surface area contributed by atoms with Crippen molar-refractivity contribution in [2.24, 2.45) is 5.92 Å². The first kappa shape index (κ1) is 20.5. The first-order valence-electron chi connectivity index (χ1n) is 9.20. The Morgan fingerprint density at radius 2 is 2.00 bits per heavy atom. The summed E-state index contributed by atoms with van der Waals surface area (Å²) in [5, 5.41) is 15.6. The van der Waals surface area contributed by atoms with Crippen LogP contribution in [-0.2, 0) is 16.1 Å². The Bertz CT molecular complexity index is 879.